The Morgan fingerprint density at radius 3 is 1.87 bits per heavy atom. The van der Waals surface area contributed by atoms with E-state index in [0.717, 1.165) is 65.1 Å². The molecular formula is C64H50N4OSi. The van der Waals surface area contributed by atoms with Crippen LogP contribution in [0.2, 0.25) is 0 Å². The summed E-state index contributed by atoms with van der Waals surface area (Å²) in [5.74, 6) is 2.11. The monoisotopic (exact) mass is 923 g/mol. The minimum absolute atomic E-state index is 0.0632. The zero-order valence-electron chi connectivity index (χ0n) is 44.0. The fraction of sp³-hybridized carbons (Fsp3) is 0.0625. The van der Waals surface area contributed by atoms with Crippen LogP contribution in [0.5, 0.6) is 11.5 Å². The Morgan fingerprint density at radius 2 is 1.17 bits per heavy atom. The molecule has 0 N–H and O–H groups in total. The molecule has 0 amide bonds. The molecule has 70 heavy (non-hydrogen) atoms. The van der Waals surface area contributed by atoms with E-state index in [2.05, 4.69) is 159 Å². The number of benzene rings is 9. The molecule has 0 radical (unpaired) electrons. The summed E-state index contributed by atoms with van der Waals surface area (Å²) in [7, 11) is -3.37. The Morgan fingerprint density at radius 1 is 0.557 bits per heavy atom. The highest BCUT2D eigenvalue weighted by Crippen LogP contribution is 2.36. The van der Waals surface area contributed by atoms with Crippen molar-refractivity contribution >= 4 is 61.7 Å². The maximum Gasteiger partial charge on any atom is 0.269 e. The third-order valence-corrected chi connectivity index (χ3v) is 18.2. The third kappa shape index (κ3) is 7.32. The summed E-state index contributed by atoms with van der Waals surface area (Å²) in [4.78, 5) is 4.88. The van der Waals surface area contributed by atoms with E-state index in [0.29, 0.717) is 22.7 Å². The molecule has 12 aromatic rings. The van der Waals surface area contributed by atoms with Crippen molar-refractivity contribution in [3.05, 3.63) is 261 Å². The second kappa shape index (κ2) is 17.5. The Bertz CT molecular complexity index is 4030. The van der Waals surface area contributed by atoms with Crippen LogP contribution in [-0.4, -0.2) is 22.2 Å². The van der Waals surface area contributed by atoms with Crippen LogP contribution in [0.1, 0.15) is 33.2 Å². The summed E-state index contributed by atoms with van der Waals surface area (Å²) < 4.78 is 58.3. The predicted octanol–water partition coefficient (Wildman–Crippen LogP) is 12.3. The molecule has 0 spiro atoms. The van der Waals surface area contributed by atoms with Crippen molar-refractivity contribution < 1.29 is 16.2 Å². The van der Waals surface area contributed by atoms with Crippen molar-refractivity contribution in [1.29, 1.82) is 0 Å². The first-order valence-electron chi connectivity index (χ1n) is 26.0. The molecule has 336 valence electrons. The summed E-state index contributed by atoms with van der Waals surface area (Å²) in [6.07, 6.45) is 5.67. The van der Waals surface area contributed by atoms with Crippen LogP contribution in [0.25, 0.3) is 61.2 Å². The highest BCUT2D eigenvalue weighted by atomic mass is 28.3. The zero-order valence-corrected chi connectivity index (χ0v) is 40.0. The number of rotatable bonds is 10. The second-order valence-electron chi connectivity index (χ2n) is 18.6. The van der Waals surface area contributed by atoms with Gasteiger partial charge in [0.25, 0.3) is 6.33 Å². The van der Waals surface area contributed by atoms with Crippen LogP contribution in [-0.2, 0) is 5.41 Å². The number of nitrogens with zero attached hydrogens (tertiary/aromatic N) is 4. The number of hydrogen-bond acceptors (Lipinski definition) is 2. The Balaban J connectivity index is 1.07. The van der Waals surface area contributed by atoms with Crippen molar-refractivity contribution in [2.45, 2.75) is 26.2 Å². The molecule has 0 aliphatic heterocycles. The van der Waals surface area contributed by atoms with E-state index in [1.54, 1.807) is 0 Å². The van der Waals surface area contributed by atoms with Gasteiger partial charge in [-0.1, -0.05) is 209 Å². The topological polar surface area (TPSA) is 35.9 Å². The van der Waals surface area contributed by atoms with Gasteiger partial charge < -0.3 is 4.74 Å². The SMILES string of the molecule is [2H]c1c([2H])c([2H])c(-c2cccc([Si](c3ccccc3)(c3ccccc3)c3ccccc3)c2-[n+]2[c-]n(-c3cccc(Oc4ccc5c6ccccc6n(-c6cc(C(C)(C)C)ccn6)c5c4)c3)c3ccccc32)c([2H])c1[2H]. The van der Waals surface area contributed by atoms with Gasteiger partial charge in [0.05, 0.1) is 40.3 Å². The lowest BCUT2D eigenvalue weighted by atomic mass is 9.88. The molecule has 0 aliphatic carbocycles. The molecule has 12 rings (SSSR count). The Hall–Kier alpha value is -8.58. The molecule has 0 saturated carbocycles. The molecule has 3 aromatic heterocycles. The lowest BCUT2D eigenvalue weighted by molar-refractivity contribution is -0.570. The van der Waals surface area contributed by atoms with Gasteiger partial charge in [-0.15, -0.1) is 0 Å². The van der Waals surface area contributed by atoms with Gasteiger partial charge in [0, 0.05) is 23.0 Å². The summed E-state index contributed by atoms with van der Waals surface area (Å²) in [5.41, 5.74) is 6.82. The standard InChI is InChI=1S/C64H50N4OSi/c1-64(2,3)47-40-41-65-62(42-47)68-57-34-17-16-32-55(57)56-39-38-50(44-60(56)68)69-49-25-20-24-48(43-49)66-45-67(59-36-19-18-35-58(59)66)63-54(46-22-8-4-9-23-46)33-21-37-61(63)70(51-26-10-5-11-27-51,52-28-12-6-13-29-52)53-30-14-7-15-31-53/h4-44H,1-3H3/i4D,8D,9D,22D,23D. The van der Waals surface area contributed by atoms with E-state index in [9.17, 15) is 2.74 Å². The molecule has 0 bridgehead atoms. The van der Waals surface area contributed by atoms with Gasteiger partial charge in [-0.3, -0.25) is 13.7 Å². The maximum atomic E-state index is 9.42. The first-order valence-corrected chi connectivity index (χ1v) is 25.5. The van der Waals surface area contributed by atoms with Gasteiger partial charge in [-0.05, 0) is 91.4 Å². The predicted molar refractivity (Wildman–Crippen MR) is 290 cm³/mol. The van der Waals surface area contributed by atoms with E-state index in [-0.39, 0.29) is 23.1 Å². The Kier molecular flexibility index (Phi) is 9.35. The molecule has 0 fully saturated rings. The lowest BCUT2D eigenvalue weighted by Gasteiger charge is -2.36. The number of aromatic nitrogens is 4. The van der Waals surface area contributed by atoms with E-state index >= 15 is 0 Å². The maximum absolute atomic E-state index is 9.42. The molecule has 9 aromatic carbocycles. The van der Waals surface area contributed by atoms with Crippen LogP contribution in [0.3, 0.4) is 0 Å². The summed E-state index contributed by atoms with van der Waals surface area (Å²) >= 11 is 0. The van der Waals surface area contributed by atoms with E-state index < -0.39 is 26.2 Å². The number of ether oxygens (including phenoxy) is 1. The average molecular weight is 924 g/mol. The Labute approximate surface area is 416 Å². The number of imidazole rings is 1. The van der Waals surface area contributed by atoms with Crippen LogP contribution >= 0.6 is 0 Å². The van der Waals surface area contributed by atoms with Gasteiger partial charge in [0.2, 0.25) is 0 Å². The van der Waals surface area contributed by atoms with E-state index in [4.69, 9.17) is 13.8 Å². The molecule has 5 nitrogen and oxygen atoms in total. The molecule has 0 aliphatic rings. The molecular weight excluding hydrogens is 869 g/mol. The molecule has 0 saturated heterocycles. The highest BCUT2D eigenvalue weighted by molar-refractivity contribution is 7.20. The minimum Gasteiger partial charge on any atom is -0.458 e. The normalized spacial score (nSPS) is 12.9. The van der Waals surface area contributed by atoms with Gasteiger partial charge >= 0.3 is 0 Å². The molecule has 6 heteroatoms. The van der Waals surface area contributed by atoms with Gasteiger partial charge in [0.15, 0.2) is 8.07 Å². The quantitative estimate of drug-likeness (QED) is 0.0593. The fourth-order valence-electron chi connectivity index (χ4n) is 10.2. The van der Waals surface area contributed by atoms with Crippen LogP contribution in [0, 0.1) is 6.33 Å². The van der Waals surface area contributed by atoms with Crippen LogP contribution in [0.15, 0.2) is 249 Å². The number of fused-ring (bicyclic) bond motifs is 4. The second-order valence-corrected chi connectivity index (χ2v) is 22.4. The summed E-state index contributed by atoms with van der Waals surface area (Å²) in [6.45, 7) is 6.63. The molecule has 0 unspecified atom stereocenters. The fourth-order valence-corrected chi connectivity index (χ4v) is 15.2. The minimum atomic E-state index is -3.37. The summed E-state index contributed by atoms with van der Waals surface area (Å²) in [6, 6.07) is 70.7. The molecule has 0 atom stereocenters. The first kappa shape index (κ1) is 37.4. The van der Waals surface area contributed by atoms with Crippen molar-refractivity contribution in [1.82, 2.24) is 14.1 Å². The van der Waals surface area contributed by atoms with Gasteiger partial charge in [0.1, 0.15) is 17.3 Å². The van der Waals surface area contributed by atoms with Crippen LogP contribution in [0.4, 0.5) is 0 Å². The number of hydrogen-bond donors (Lipinski definition) is 0. The van der Waals surface area contributed by atoms with Crippen molar-refractivity contribution in [3.8, 4) is 39.8 Å². The van der Waals surface area contributed by atoms with E-state index in [1.165, 1.54) is 5.56 Å². The van der Waals surface area contributed by atoms with Crippen molar-refractivity contribution in [2.75, 3.05) is 0 Å². The third-order valence-electron chi connectivity index (χ3n) is 13.4. The van der Waals surface area contributed by atoms with E-state index in [1.807, 2.05) is 100 Å². The van der Waals surface area contributed by atoms with Crippen molar-refractivity contribution in [2.24, 2.45) is 0 Å². The highest BCUT2D eigenvalue weighted by Gasteiger charge is 2.44. The first-order chi connectivity index (χ1) is 36.4. The molecule has 3 heterocycles. The smallest absolute Gasteiger partial charge is 0.269 e. The van der Waals surface area contributed by atoms with Gasteiger partial charge in [-0.25, -0.2) is 4.98 Å². The van der Waals surface area contributed by atoms with Crippen molar-refractivity contribution in [3.63, 3.8) is 0 Å². The van der Waals surface area contributed by atoms with Crippen LogP contribution < -0.4 is 30.1 Å². The largest absolute Gasteiger partial charge is 0.458 e. The summed E-state index contributed by atoms with van der Waals surface area (Å²) in [5, 5.41) is 6.51. The van der Waals surface area contributed by atoms with Gasteiger partial charge in [-0.2, -0.15) is 0 Å². The number of para-hydroxylation sites is 4. The zero-order chi connectivity index (χ0) is 51.6. The number of pyridine rings is 1. The lowest BCUT2D eigenvalue weighted by Crippen LogP contribution is -2.76. The average Bonchev–Trinajstić information content (AvgIpc) is 3.99.